The summed E-state index contributed by atoms with van der Waals surface area (Å²) in [7, 11) is 0. The Morgan fingerprint density at radius 1 is 1.47 bits per heavy atom. The number of aryl methyl sites for hydroxylation is 1. The summed E-state index contributed by atoms with van der Waals surface area (Å²) in [6, 6.07) is 3.85. The highest BCUT2D eigenvalue weighted by molar-refractivity contribution is 6.03. The molecule has 1 aliphatic rings. The van der Waals surface area contributed by atoms with Crippen LogP contribution in [0.15, 0.2) is 18.3 Å². The van der Waals surface area contributed by atoms with Crippen LogP contribution in [0.1, 0.15) is 17.7 Å². The fourth-order valence-corrected chi connectivity index (χ4v) is 1.68. The molecule has 1 unspecified atom stereocenters. The monoisotopic (exact) mass is 204 g/mol. The number of amides is 2. The minimum Gasteiger partial charge on any atom is -0.296 e. The number of hydrogen-bond donors (Lipinski definition) is 1. The fraction of sp³-hybridized carbons (Fsp3) is 0.364. The Morgan fingerprint density at radius 3 is 2.80 bits per heavy atom. The zero-order valence-corrected chi connectivity index (χ0v) is 8.49. The average molecular weight is 204 g/mol. The van der Waals surface area contributed by atoms with Crippen molar-refractivity contribution < 1.29 is 9.59 Å². The molecule has 0 radical (unpaired) electrons. The van der Waals surface area contributed by atoms with E-state index >= 15 is 0 Å². The highest BCUT2D eigenvalue weighted by atomic mass is 16.2. The third-order valence-electron chi connectivity index (χ3n) is 2.52. The lowest BCUT2D eigenvalue weighted by Gasteiger charge is -2.05. The Kier molecular flexibility index (Phi) is 2.49. The standard InChI is InChI=1S/C11H12N2O2/c1-7-2-3-8(6-12-7)4-9-5-10(14)13-11(9)15/h2-3,6,9H,4-5H2,1H3,(H,13,14,15). The van der Waals surface area contributed by atoms with E-state index in [4.69, 9.17) is 0 Å². The predicted molar refractivity (Wildman–Crippen MR) is 53.9 cm³/mol. The molecular formula is C11H12N2O2. The van der Waals surface area contributed by atoms with Crippen LogP contribution in [0.25, 0.3) is 0 Å². The number of nitrogens with one attached hydrogen (secondary N) is 1. The number of rotatable bonds is 2. The molecule has 78 valence electrons. The van der Waals surface area contributed by atoms with E-state index in [1.165, 1.54) is 0 Å². The summed E-state index contributed by atoms with van der Waals surface area (Å²) in [5.74, 6) is -0.562. The van der Waals surface area contributed by atoms with Gasteiger partial charge < -0.3 is 0 Å². The van der Waals surface area contributed by atoms with Gasteiger partial charge in [-0.15, -0.1) is 0 Å². The van der Waals surface area contributed by atoms with Gasteiger partial charge in [-0.25, -0.2) is 0 Å². The topological polar surface area (TPSA) is 59.1 Å². The third kappa shape index (κ3) is 2.21. The highest BCUT2D eigenvalue weighted by Crippen LogP contribution is 2.16. The Labute approximate surface area is 87.7 Å². The van der Waals surface area contributed by atoms with Gasteiger partial charge in [0.1, 0.15) is 0 Å². The van der Waals surface area contributed by atoms with Crippen LogP contribution < -0.4 is 5.32 Å². The number of hydrogen-bond acceptors (Lipinski definition) is 3. The molecule has 1 fully saturated rings. The quantitative estimate of drug-likeness (QED) is 0.717. The maximum absolute atomic E-state index is 11.3. The molecule has 1 aromatic heterocycles. The second kappa shape index (κ2) is 3.81. The van der Waals surface area contributed by atoms with Gasteiger partial charge in [-0.05, 0) is 25.0 Å². The normalized spacial score (nSPS) is 20.5. The summed E-state index contributed by atoms with van der Waals surface area (Å²) in [6.45, 7) is 1.91. The Balaban J connectivity index is 2.06. The van der Waals surface area contributed by atoms with Crippen LogP contribution in [0, 0.1) is 12.8 Å². The van der Waals surface area contributed by atoms with Gasteiger partial charge in [0.25, 0.3) is 0 Å². The van der Waals surface area contributed by atoms with Crippen LogP contribution in [0.4, 0.5) is 0 Å². The van der Waals surface area contributed by atoms with E-state index in [2.05, 4.69) is 10.3 Å². The number of imide groups is 1. The molecule has 0 spiro atoms. The van der Waals surface area contributed by atoms with Crippen LogP contribution in [0.2, 0.25) is 0 Å². The van der Waals surface area contributed by atoms with Crippen molar-refractivity contribution >= 4 is 11.8 Å². The van der Waals surface area contributed by atoms with Gasteiger partial charge >= 0.3 is 0 Å². The number of aromatic nitrogens is 1. The molecule has 1 saturated heterocycles. The molecule has 1 aliphatic heterocycles. The van der Waals surface area contributed by atoms with Crippen LogP contribution in [0.3, 0.4) is 0 Å². The summed E-state index contributed by atoms with van der Waals surface area (Å²) in [4.78, 5) is 26.4. The first-order valence-electron chi connectivity index (χ1n) is 4.90. The molecule has 0 bridgehead atoms. The zero-order chi connectivity index (χ0) is 10.8. The van der Waals surface area contributed by atoms with E-state index in [0.29, 0.717) is 12.8 Å². The molecule has 0 aliphatic carbocycles. The lowest BCUT2D eigenvalue weighted by molar-refractivity contribution is -0.125. The predicted octanol–water partition coefficient (Wildman–Crippen LogP) is 0.595. The average Bonchev–Trinajstić information content (AvgIpc) is 2.49. The molecule has 2 amide bonds. The molecule has 15 heavy (non-hydrogen) atoms. The summed E-state index contributed by atoms with van der Waals surface area (Å²) in [5, 5.41) is 2.30. The van der Waals surface area contributed by atoms with Crippen LogP contribution in [-0.4, -0.2) is 16.8 Å². The Hall–Kier alpha value is -1.71. The van der Waals surface area contributed by atoms with Crippen LogP contribution in [0.5, 0.6) is 0 Å². The van der Waals surface area contributed by atoms with Crippen molar-refractivity contribution in [3.8, 4) is 0 Å². The van der Waals surface area contributed by atoms with Crippen molar-refractivity contribution in [3.05, 3.63) is 29.6 Å². The second-order valence-corrected chi connectivity index (χ2v) is 3.83. The maximum atomic E-state index is 11.3. The fourth-order valence-electron chi connectivity index (χ4n) is 1.68. The number of carbonyl (C=O) groups is 2. The van der Waals surface area contributed by atoms with Gasteiger partial charge in [-0.1, -0.05) is 6.07 Å². The molecular weight excluding hydrogens is 192 g/mol. The molecule has 1 aromatic rings. The van der Waals surface area contributed by atoms with Gasteiger partial charge in [0.05, 0.1) is 5.92 Å². The van der Waals surface area contributed by atoms with Gasteiger partial charge in [-0.2, -0.15) is 0 Å². The minimum absolute atomic E-state index is 0.166. The summed E-state index contributed by atoms with van der Waals surface area (Å²) in [6.07, 6.45) is 2.64. The van der Waals surface area contributed by atoms with E-state index in [9.17, 15) is 9.59 Å². The molecule has 1 atom stereocenters. The van der Waals surface area contributed by atoms with E-state index in [1.54, 1.807) is 6.20 Å². The Morgan fingerprint density at radius 2 is 2.27 bits per heavy atom. The highest BCUT2D eigenvalue weighted by Gasteiger charge is 2.30. The lowest BCUT2D eigenvalue weighted by Crippen LogP contribution is -2.22. The van der Waals surface area contributed by atoms with Crippen molar-refractivity contribution in [3.63, 3.8) is 0 Å². The van der Waals surface area contributed by atoms with Gasteiger partial charge in [0.2, 0.25) is 11.8 Å². The summed E-state index contributed by atoms with van der Waals surface area (Å²) in [5.41, 5.74) is 1.95. The van der Waals surface area contributed by atoms with E-state index in [-0.39, 0.29) is 17.7 Å². The van der Waals surface area contributed by atoms with Crippen molar-refractivity contribution in [2.24, 2.45) is 5.92 Å². The first kappa shape index (κ1) is 9.83. The van der Waals surface area contributed by atoms with Gasteiger partial charge in [0.15, 0.2) is 0 Å². The molecule has 4 heteroatoms. The number of nitrogens with zero attached hydrogens (tertiary/aromatic N) is 1. The zero-order valence-electron chi connectivity index (χ0n) is 8.49. The van der Waals surface area contributed by atoms with Crippen molar-refractivity contribution in [1.29, 1.82) is 0 Å². The summed E-state index contributed by atoms with van der Waals surface area (Å²) < 4.78 is 0. The maximum Gasteiger partial charge on any atom is 0.230 e. The first-order valence-corrected chi connectivity index (χ1v) is 4.90. The first-order chi connectivity index (χ1) is 7.15. The van der Waals surface area contributed by atoms with Gasteiger partial charge in [0, 0.05) is 18.3 Å². The van der Waals surface area contributed by atoms with Gasteiger partial charge in [-0.3, -0.25) is 19.9 Å². The lowest BCUT2D eigenvalue weighted by atomic mass is 9.99. The molecule has 4 nitrogen and oxygen atoms in total. The smallest absolute Gasteiger partial charge is 0.230 e. The molecule has 1 N–H and O–H groups in total. The van der Waals surface area contributed by atoms with E-state index < -0.39 is 0 Å². The van der Waals surface area contributed by atoms with Crippen LogP contribution >= 0.6 is 0 Å². The second-order valence-electron chi connectivity index (χ2n) is 3.83. The summed E-state index contributed by atoms with van der Waals surface area (Å²) >= 11 is 0. The minimum atomic E-state index is -0.220. The van der Waals surface area contributed by atoms with E-state index in [1.807, 2.05) is 19.1 Å². The molecule has 0 saturated carbocycles. The largest absolute Gasteiger partial charge is 0.296 e. The van der Waals surface area contributed by atoms with Crippen molar-refractivity contribution in [1.82, 2.24) is 10.3 Å². The number of carbonyl (C=O) groups excluding carboxylic acids is 2. The van der Waals surface area contributed by atoms with Crippen molar-refractivity contribution in [2.75, 3.05) is 0 Å². The molecule has 2 heterocycles. The van der Waals surface area contributed by atoms with Crippen molar-refractivity contribution in [2.45, 2.75) is 19.8 Å². The third-order valence-corrected chi connectivity index (χ3v) is 2.52. The van der Waals surface area contributed by atoms with E-state index in [0.717, 1.165) is 11.3 Å². The molecule has 0 aromatic carbocycles. The SMILES string of the molecule is Cc1ccc(CC2CC(=O)NC2=O)cn1. The number of pyridine rings is 1. The van der Waals surface area contributed by atoms with Crippen LogP contribution in [-0.2, 0) is 16.0 Å². The molecule has 2 rings (SSSR count). The Bertz CT molecular complexity index is 398.